The molecule has 2 aromatic carbocycles. The second-order valence-corrected chi connectivity index (χ2v) is 6.36. The highest BCUT2D eigenvalue weighted by atomic mass is 19.1. The Morgan fingerprint density at radius 2 is 1.63 bits per heavy atom. The summed E-state index contributed by atoms with van der Waals surface area (Å²) < 4.78 is 32.1. The molecule has 0 saturated carbocycles. The van der Waals surface area contributed by atoms with Crippen molar-refractivity contribution in [2.24, 2.45) is 0 Å². The highest BCUT2D eigenvalue weighted by Crippen LogP contribution is 2.16. The fourth-order valence-electron chi connectivity index (χ4n) is 2.91. The molecule has 0 unspecified atom stereocenters. The van der Waals surface area contributed by atoms with Crippen LogP contribution in [0.3, 0.4) is 0 Å². The summed E-state index contributed by atoms with van der Waals surface area (Å²) in [6.45, 7) is 2.84. The SMILES string of the molecule is Cc1cc(C(=O)N2CCN(C(=O)COc3ccccc3F)CC2)ccc1F. The number of carbonyl (C=O) groups is 2. The van der Waals surface area contributed by atoms with Gasteiger partial charge in [0, 0.05) is 31.7 Å². The fourth-order valence-corrected chi connectivity index (χ4v) is 2.91. The van der Waals surface area contributed by atoms with E-state index in [1.165, 1.54) is 30.3 Å². The monoisotopic (exact) mass is 374 g/mol. The standard InChI is InChI=1S/C20H20F2N2O3/c1-14-12-15(6-7-16(14)21)20(26)24-10-8-23(9-11-24)19(25)13-27-18-5-3-2-4-17(18)22/h2-7,12H,8-11,13H2,1H3. The van der Waals surface area contributed by atoms with Crippen LogP contribution in [0.5, 0.6) is 5.75 Å². The topological polar surface area (TPSA) is 49.9 Å². The van der Waals surface area contributed by atoms with E-state index >= 15 is 0 Å². The van der Waals surface area contributed by atoms with Crippen LogP contribution < -0.4 is 4.74 Å². The lowest BCUT2D eigenvalue weighted by molar-refractivity contribution is -0.134. The number of para-hydroxylation sites is 1. The number of benzene rings is 2. The minimum absolute atomic E-state index is 0.0337. The van der Waals surface area contributed by atoms with Gasteiger partial charge in [0.15, 0.2) is 18.2 Å². The van der Waals surface area contributed by atoms with Gasteiger partial charge in [0.1, 0.15) is 5.82 Å². The van der Waals surface area contributed by atoms with Gasteiger partial charge in [0.2, 0.25) is 0 Å². The third kappa shape index (κ3) is 4.42. The summed E-state index contributed by atoms with van der Waals surface area (Å²) >= 11 is 0. The predicted molar refractivity (Wildman–Crippen MR) is 95.5 cm³/mol. The van der Waals surface area contributed by atoms with Gasteiger partial charge in [-0.25, -0.2) is 8.78 Å². The normalized spacial score (nSPS) is 14.2. The molecular weight excluding hydrogens is 354 g/mol. The Morgan fingerprint density at radius 1 is 0.963 bits per heavy atom. The van der Waals surface area contributed by atoms with Gasteiger partial charge in [-0.2, -0.15) is 0 Å². The van der Waals surface area contributed by atoms with Crippen molar-refractivity contribution >= 4 is 11.8 Å². The zero-order valence-corrected chi connectivity index (χ0v) is 15.0. The maximum atomic E-state index is 13.5. The summed E-state index contributed by atoms with van der Waals surface area (Å²) in [5.41, 5.74) is 0.844. The van der Waals surface area contributed by atoms with Gasteiger partial charge in [0.25, 0.3) is 11.8 Å². The van der Waals surface area contributed by atoms with Crippen LogP contribution in [0.25, 0.3) is 0 Å². The number of amides is 2. The van der Waals surface area contributed by atoms with Crippen LogP contribution in [0, 0.1) is 18.6 Å². The molecule has 0 aromatic heterocycles. The molecule has 1 heterocycles. The van der Waals surface area contributed by atoms with Crippen molar-refractivity contribution in [1.82, 2.24) is 9.80 Å². The van der Waals surface area contributed by atoms with Crippen molar-refractivity contribution in [3.63, 3.8) is 0 Å². The molecule has 1 saturated heterocycles. The van der Waals surface area contributed by atoms with E-state index in [4.69, 9.17) is 4.74 Å². The molecule has 1 aliphatic heterocycles. The number of piperazine rings is 1. The second-order valence-electron chi connectivity index (χ2n) is 6.36. The molecule has 0 bridgehead atoms. The quantitative estimate of drug-likeness (QED) is 0.827. The lowest BCUT2D eigenvalue weighted by atomic mass is 10.1. The molecule has 5 nitrogen and oxygen atoms in total. The van der Waals surface area contributed by atoms with Crippen molar-refractivity contribution in [3.05, 3.63) is 65.2 Å². The van der Waals surface area contributed by atoms with Gasteiger partial charge in [-0.05, 0) is 42.8 Å². The Bertz CT molecular complexity index is 849. The van der Waals surface area contributed by atoms with Crippen LogP contribution in [0.4, 0.5) is 8.78 Å². The molecule has 2 amide bonds. The Kier molecular flexibility index (Phi) is 5.69. The molecule has 0 radical (unpaired) electrons. The maximum absolute atomic E-state index is 13.5. The van der Waals surface area contributed by atoms with Gasteiger partial charge < -0.3 is 14.5 Å². The first kappa shape index (κ1) is 18.8. The number of halogens is 2. The zero-order chi connectivity index (χ0) is 19.4. The van der Waals surface area contributed by atoms with Crippen molar-refractivity contribution < 1.29 is 23.1 Å². The van der Waals surface area contributed by atoms with Gasteiger partial charge >= 0.3 is 0 Å². The third-order valence-corrected chi connectivity index (χ3v) is 4.51. The smallest absolute Gasteiger partial charge is 0.260 e. The number of hydrogen-bond acceptors (Lipinski definition) is 3. The minimum atomic E-state index is -0.518. The van der Waals surface area contributed by atoms with Crippen molar-refractivity contribution in [2.75, 3.05) is 32.8 Å². The van der Waals surface area contributed by atoms with E-state index in [-0.39, 0.29) is 30.0 Å². The Hall–Kier alpha value is -2.96. The van der Waals surface area contributed by atoms with Gasteiger partial charge in [-0.1, -0.05) is 12.1 Å². The van der Waals surface area contributed by atoms with Gasteiger partial charge in [-0.15, -0.1) is 0 Å². The van der Waals surface area contributed by atoms with Crippen LogP contribution >= 0.6 is 0 Å². The van der Waals surface area contributed by atoms with Gasteiger partial charge in [0.05, 0.1) is 0 Å². The van der Waals surface area contributed by atoms with E-state index in [1.54, 1.807) is 28.9 Å². The molecule has 1 fully saturated rings. The van der Waals surface area contributed by atoms with E-state index in [0.717, 1.165) is 0 Å². The summed E-state index contributed by atoms with van der Waals surface area (Å²) in [7, 11) is 0. The molecule has 2 aromatic rings. The summed E-state index contributed by atoms with van der Waals surface area (Å²) in [6, 6.07) is 10.2. The molecule has 1 aliphatic rings. The number of rotatable bonds is 4. The Labute approximate surface area is 156 Å². The molecule has 7 heteroatoms. The summed E-state index contributed by atoms with van der Waals surface area (Å²) in [5.74, 6) is -1.28. The third-order valence-electron chi connectivity index (χ3n) is 4.51. The van der Waals surface area contributed by atoms with Crippen LogP contribution in [0.15, 0.2) is 42.5 Å². The lowest BCUT2D eigenvalue weighted by Crippen LogP contribution is -2.51. The predicted octanol–water partition coefficient (Wildman–Crippen LogP) is 2.64. The number of aryl methyl sites for hydroxylation is 1. The van der Waals surface area contributed by atoms with E-state index in [0.29, 0.717) is 37.3 Å². The summed E-state index contributed by atoms with van der Waals surface area (Å²) in [6.07, 6.45) is 0. The first-order valence-corrected chi connectivity index (χ1v) is 8.66. The molecule has 0 spiro atoms. The van der Waals surface area contributed by atoms with Crippen LogP contribution in [-0.4, -0.2) is 54.4 Å². The van der Waals surface area contributed by atoms with E-state index < -0.39 is 5.82 Å². The molecule has 27 heavy (non-hydrogen) atoms. The van der Waals surface area contributed by atoms with E-state index in [9.17, 15) is 18.4 Å². The van der Waals surface area contributed by atoms with E-state index in [1.807, 2.05) is 0 Å². The first-order chi connectivity index (χ1) is 13.0. The highest BCUT2D eigenvalue weighted by Gasteiger charge is 2.25. The van der Waals surface area contributed by atoms with Crippen LogP contribution in [0.2, 0.25) is 0 Å². The molecule has 0 N–H and O–H groups in total. The molecule has 0 aliphatic carbocycles. The number of carbonyl (C=O) groups excluding carboxylic acids is 2. The number of hydrogen-bond donors (Lipinski definition) is 0. The highest BCUT2D eigenvalue weighted by molar-refractivity contribution is 5.94. The minimum Gasteiger partial charge on any atom is -0.481 e. The molecule has 142 valence electrons. The maximum Gasteiger partial charge on any atom is 0.260 e. The zero-order valence-electron chi connectivity index (χ0n) is 15.0. The number of ether oxygens (including phenoxy) is 1. The Morgan fingerprint density at radius 3 is 2.30 bits per heavy atom. The molecular formula is C20H20F2N2O3. The summed E-state index contributed by atoms with van der Waals surface area (Å²) in [5, 5.41) is 0. The van der Waals surface area contributed by atoms with Crippen molar-refractivity contribution in [2.45, 2.75) is 6.92 Å². The fraction of sp³-hybridized carbons (Fsp3) is 0.300. The first-order valence-electron chi connectivity index (χ1n) is 8.66. The molecule has 0 atom stereocenters. The largest absolute Gasteiger partial charge is 0.481 e. The lowest BCUT2D eigenvalue weighted by Gasteiger charge is -2.34. The average Bonchev–Trinajstić information content (AvgIpc) is 2.69. The van der Waals surface area contributed by atoms with Gasteiger partial charge in [-0.3, -0.25) is 9.59 Å². The van der Waals surface area contributed by atoms with Crippen molar-refractivity contribution in [1.29, 1.82) is 0 Å². The summed E-state index contributed by atoms with van der Waals surface area (Å²) in [4.78, 5) is 28.0. The van der Waals surface area contributed by atoms with E-state index in [2.05, 4.69) is 0 Å². The van der Waals surface area contributed by atoms with Crippen LogP contribution in [-0.2, 0) is 4.79 Å². The Balaban J connectivity index is 1.52. The second kappa shape index (κ2) is 8.16. The van der Waals surface area contributed by atoms with Crippen LogP contribution in [0.1, 0.15) is 15.9 Å². The average molecular weight is 374 g/mol. The number of nitrogens with zero attached hydrogens (tertiary/aromatic N) is 2. The van der Waals surface area contributed by atoms with Crippen molar-refractivity contribution in [3.8, 4) is 5.75 Å². The molecule has 3 rings (SSSR count).